The van der Waals surface area contributed by atoms with Gasteiger partial charge in [-0.15, -0.1) is 0 Å². The van der Waals surface area contributed by atoms with E-state index in [1.165, 1.54) is 13.3 Å². The highest BCUT2D eigenvalue weighted by atomic mass is 35.5. The van der Waals surface area contributed by atoms with Gasteiger partial charge in [0.2, 0.25) is 0 Å². The summed E-state index contributed by atoms with van der Waals surface area (Å²) < 4.78 is 15.7. The molecule has 0 bridgehead atoms. The SMILES string of the molecule is CCOC(=O)C1CCC=CC1Oc1ncc(OC)c(Cl)n1. The van der Waals surface area contributed by atoms with Gasteiger partial charge in [0, 0.05) is 0 Å². The molecule has 1 heterocycles. The van der Waals surface area contributed by atoms with Crippen molar-refractivity contribution in [2.75, 3.05) is 13.7 Å². The van der Waals surface area contributed by atoms with Crippen LogP contribution in [-0.2, 0) is 9.53 Å². The summed E-state index contributed by atoms with van der Waals surface area (Å²) in [5.41, 5.74) is 0. The lowest BCUT2D eigenvalue weighted by Gasteiger charge is -2.25. The van der Waals surface area contributed by atoms with Crippen molar-refractivity contribution in [2.24, 2.45) is 5.92 Å². The van der Waals surface area contributed by atoms with Crippen LogP contribution in [0.25, 0.3) is 0 Å². The summed E-state index contributed by atoms with van der Waals surface area (Å²) in [6.45, 7) is 2.12. The summed E-state index contributed by atoms with van der Waals surface area (Å²) in [5.74, 6) is -0.268. The average Bonchev–Trinajstić information content (AvgIpc) is 2.48. The van der Waals surface area contributed by atoms with E-state index in [4.69, 9.17) is 25.8 Å². The summed E-state index contributed by atoms with van der Waals surface area (Å²) in [7, 11) is 1.48. The zero-order valence-electron chi connectivity index (χ0n) is 11.9. The molecule has 0 N–H and O–H groups in total. The maximum atomic E-state index is 11.9. The minimum Gasteiger partial charge on any atom is -0.492 e. The fourth-order valence-corrected chi connectivity index (χ4v) is 2.28. The molecule has 2 atom stereocenters. The minimum atomic E-state index is -0.456. The van der Waals surface area contributed by atoms with Crippen molar-refractivity contribution in [3.8, 4) is 11.8 Å². The van der Waals surface area contributed by atoms with Gasteiger partial charge >= 0.3 is 12.0 Å². The lowest BCUT2D eigenvalue weighted by molar-refractivity contribution is -0.151. The van der Waals surface area contributed by atoms with Crippen molar-refractivity contribution in [1.82, 2.24) is 9.97 Å². The van der Waals surface area contributed by atoms with Crippen LogP contribution in [0.1, 0.15) is 19.8 Å². The van der Waals surface area contributed by atoms with Gasteiger partial charge in [0.25, 0.3) is 0 Å². The maximum Gasteiger partial charge on any atom is 0.318 e. The molecule has 6 nitrogen and oxygen atoms in total. The van der Waals surface area contributed by atoms with Crippen LogP contribution in [0.2, 0.25) is 5.15 Å². The van der Waals surface area contributed by atoms with Crippen molar-refractivity contribution in [2.45, 2.75) is 25.9 Å². The van der Waals surface area contributed by atoms with Crippen LogP contribution in [0.4, 0.5) is 0 Å². The summed E-state index contributed by atoms with van der Waals surface area (Å²) in [6, 6.07) is 0.103. The number of esters is 1. The number of methoxy groups -OCH3 is 1. The molecule has 2 rings (SSSR count). The van der Waals surface area contributed by atoms with Gasteiger partial charge in [-0.3, -0.25) is 4.79 Å². The van der Waals surface area contributed by atoms with Crippen LogP contribution in [0.15, 0.2) is 18.3 Å². The molecule has 21 heavy (non-hydrogen) atoms. The van der Waals surface area contributed by atoms with E-state index < -0.39 is 6.10 Å². The Morgan fingerprint density at radius 1 is 1.52 bits per heavy atom. The lowest BCUT2D eigenvalue weighted by atomic mass is 9.91. The first kappa shape index (κ1) is 15.6. The first-order valence-electron chi connectivity index (χ1n) is 6.72. The zero-order valence-corrected chi connectivity index (χ0v) is 12.7. The van der Waals surface area contributed by atoms with Gasteiger partial charge in [-0.2, -0.15) is 9.97 Å². The van der Waals surface area contributed by atoms with E-state index in [2.05, 4.69) is 9.97 Å². The number of nitrogens with zero attached hydrogens (tertiary/aromatic N) is 2. The van der Waals surface area contributed by atoms with Crippen molar-refractivity contribution >= 4 is 17.6 Å². The molecule has 1 aromatic rings. The van der Waals surface area contributed by atoms with Gasteiger partial charge in [-0.05, 0) is 25.8 Å². The highest BCUT2D eigenvalue weighted by molar-refractivity contribution is 6.30. The predicted molar refractivity (Wildman–Crippen MR) is 76.5 cm³/mol. The Morgan fingerprint density at radius 3 is 3.00 bits per heavy atom. The second kappa shape index (κ2) is 7.26. The Hall–Kier alpha value is -1.82. The molecule has 1 aliphatic rings. The monoisotopic (exact) mass is 312 g/mol. The smallest absolute Gasteiger partial charge is 0.318 e. The van der Waals surface area contributed by atoms with Crippen LogP contribution in [0.5, 0.6) is 11.8 Å². The molecule has 2 unspecified atom stereocenters. The van der Waals surface area contributed by atoms with E-state index in [-0.39, 0.29) is 23.1 Å². The number of carbonyl (C=O) groups is 1. The number of hydrogen-bond donors (Lipinski definition) is 0. The number of ether oxygens (including phenoxy) is 3. The van der Waals surface area contributed by atoms with E-state index in [9.17, 15) is 4.79 Å². The Bertz CT molecular complexity index is 536. The first-order chi connectivity index (χ1) is 10.2. The van der Waals surface area contributed by atoms with E-state index in [0.717, 1.165) is 6.42 Å². The van der Waals surface area contributed by atoms with Gasteiger partial charge in [-0.1, -0.05) is 17.7 Å². The number of allylic oxidation sites excluding steroid dienone is 1. The van der Waals surface area contributed by atoms with Gasteiger partial charge in [0.05, 0.1) is 25.8 Å². The van der Waals surface area contributed by atoms with Crippen LogP contribution in [0.3, 0.4) is 0 Å². The van der Waals surface area contributed by atoms with E-state index in [1.54, 1.807) is 6.92 Å². The van der Waals surface area contributed by atoms with E-state index in [0.29, 0.717) is 18.8 Å². The normalized spacial score (nSPS) is 20.9. The van der Waals surface area contributed by atoms with Crippen LogP contribution in [0, 0.1) is 5.92 Å². The minimum absolute atomic E-state index is 0.103. The topological polar surface area (TPSA) is 70.5 Å². The van der Waals surface area contributed by atoms with Gasteiger partial charge in [0.1, 0.15) is 6.10 Å². The van der Waals surface area contributed by atoms with Gasteiger partial charge < -0.3 is 14.2 Å². The fraction of sp³-hybridized carbons (Fsp3) is 0.500. The van der Waals surface area contributed by atoms with Gasteiger partial charge in [-0.25, -0.2) is 0 Å². The Labute approximate surface area is 128 Å². The number of halogens is 1. The molecule has 0 aromatic carbocycles. The summed E-state index contributed by atoms with van der Waals surface area (Å²) >= 11 is 5.93. The second-order valence-electron chi connectivity index (χ2n) is 4.46. The second-order valence-corrected chi connectivity index (χ2v) is 4.82. The van der Waals surface area contributed by atoms with Crippen LogP contribution < -0.4 is 9.47 Å². The lowest BCUT2D eigenvalue weighted by Crippen LogP contribution is -2.35. The number of rotatable bonds is 5. The van der Waals surface area contributed by atoms with E-state index in [1.807, 2.05) is 12.2 Å². The molecule has 114 valence electrons. The zero-order chi connectivity index (χ0) is 15.2. The Kier molecular flexibility index (Phi) is 5.38. The van der Waals surface area contributed by atoms with Crippen molar-refractivity contribution in [1.29, 1.82) is 0 Å². The maximum absolute atomic E-state index is 11.9. The first-order valence-corrected chi connectivity index (χ1v) is 7.10. The number of hydrogen-bond acceptors (Lipinski definition) is 6. The third-order valence-electron chi connectivity index (χ3n) is 3.11. The van der Waals surface area contributed by atoms with Crippen molar-refractivity contribution < 1.29 is 19.0 Å². The molecule has 0 fully saturated rings. The van der Waals surface area contributed by atoms with Crippen molar-refractivity contribution in [3.05, 3.63) is 23.5 Å². The molecule has 1 aliphatic carbocycles. The standard InChI is InChI=1S/C14H17ClN2O4/c1-3-20-13(18)9-6-4-5-7-10(9)21-14-16-8-11(19-2)12(15)17-14/h5,7-10H,3-4,6H2,1-2H3. The molecule has 0 saturated carbocycles. The molecule has 7 heteroatoms. The van der Waals surface area contributed by atoms with Crippen molar-refractivity contribution in [3.63, 3.8) is 0 Å². The average molecular weight is 313 g/mol. The third-order valence-corrected chi connectivity index (χ3v) is 3.38. The summed E-state index contributed by atoms with van der Waals surface area (Å²) in [6.07, 6.45) is 6.24. The highest BCUT2D eigenvalue weighted by Crippen LogP contribution is 2.26. The quantitative estimate of drug-likeness (QED) is 0.472. The molecule has 1 aromatic heterocycles. The number of aromatic nitrogens is 2. The molecular formula is C14H17ClN2O4. The van der Waals surface area contributed by atoms with Crippen LogP contribution >= 0.6 is 11.6 Å². The van der Waals surface area contributed by atoms with Crippen LogP contribution in [-0.4, -0.2) is 35.8 Å². The summed E-state index contributed by atoms with van der Waals surface area (Å²) in [5, 5.41) is 0.162. The predicted octanol–water partition coefficient (Wildman–Crippen LogP) is 2.42. The molecule has 0 spiro atoms. The third kappa shape index (κ3) is 3.85. The molecule has 0 amide bonds. The fourth-order valence-electron chi connectivity index (χ4n) is 2.08. The number of carbonyl (C=O) groups excluding carboxylic acids is 1. The molecule has 0 radical (unpaired) electrons. The molecule has 0 saturated heterocycles. The molecule has 0 aliphatic heterocycles. The Balaban J connectivity index is 2.12. The Morgan fingerprint density at radius 2 is 2.33 bits per heavy atom. The van der Waals surface area contributed by atoms with E-state index >= 15 is 0 Å². The van der Waals surface area contributed by atoms with Gasteiger partial charge in [0.15, 0.2) is 10.9 Å². The summed E-state index contributed by atoms with van der Waals surface area (Å²) in [4.78, 5) is 20.0. The molecular weight excluding hydrogens is 296 g/mol. The highest BCUT2D eigenvalue weighted by Gasteiger charge is 2.31. The largest absolute Gasteiger partial charge is 0.492 e.